The van der Waals surface area contributed by atoms with Crippen LogP contribution >= 0.6 is 0 Å². The average molecular weight is 411 g/mol. The number of amides is 2. The van der Waals surface area contributed by atoms with E-state index in [4.69, 9.17) is 5.73 Å². The Morgan fingerprint density at radius 3 is 2.57 bits per heavy atom. The summed E-state index contributed by atoms with van der Waals surface area (Å²) in [4.78, 5) is 30.8. The molecule has 4 rings (SSSR count). The van der Waals surface area contributed by atoms with Crippen molar-refractivity contribution in [2.45, 2.75) is 39.3 Å². The summed E-state index contributed by atoms with van der Waals surface area (Å²) in [6.07, 6.45) is 4.02. The molecule has 0 unspecified atom stereocenters. The lowest BCUT2D eigenvalue weighted by molar-refractivity contribution is 0.0964. The van der Waals surface area contributed by atoms with E-state index in [9.17, 15) is 9.59 Å². The van der Waals surface area contributed by atoms with Crippen molar-refractivity contribution in [2.24, 2.45) is 5.73 Å². The molecule has 8 heteroatoms. The van der Waals surface area contributed by atoms with Crippen LogP contribution in [0.2, 0.25) is 0 Å². The third-order valence-electron chi connectivity index (χ3n) is 6.08. The van der Waals surface area contributed by atoms with E-state index in [1.54, 1.807) is 0 Å². The highest BCUT2D eigenvalue weighted by atomic mass is 16.2. The van der Waals surface area contributed by atoms with E-state index < -0.39 is 5.91 Å². The van der Waals surface area contributed by atoms with E-state index in [0.717, 1.165) is 32.7 Å². The number of nitrogens with two attached hydrogens (primary N) is 1. The van der Waals surface area contributed by atoms with Gasteiger partial charge >= 0.3 is 6.03 Å². The van der Waals surface area contributed by atoms with Crippen molar-refractivity contribution in [3.05, 3.63) is 47.3 Å². The Balaban J connectivity index is 1.42. The van der Waals surface area contributed by atoms with Crippen LogP contribution in [0.25, 0.3) is 0 Å². The number of aromatic nitrogens is 2. The molecular weight excluding hydrogens is 380 g/mol. The van der Waals surface area contributed by atoms with Crippen molar-refractivity contribution >= 4 is 17.6 Å². The predicted octanol–water partition coefficient (Wildman–Crippen LogP) is 2.07. The van der Waals surface area contributed by atoms with Gasteiger partial charge in [0.2, 0.25) is 0 Å². The molecule has 2 saturated heterocycles. The zero-order chi connectivity index (χ0) is 21.3. The maximum atomic E-state index is 12.8. The third-order valence-corrected chi connectivity index (χ3v) is 6.08. The standard InChI is InChI=1S/C22H30N6O2/c1-16-5-6-18(20(13-16)26-8-3-4-9-26)15-25-11-12-27(17(2)14-25)22(30)28-10-7-19(24-28)21(23)29/h5-7,10,13,17H,3-4,8-9,11-12,14-15H2,1-2H3,(H2,23,29)/t17-/m0/s1. The van der Waals surface area contributed by atoms with Crippen LogP contribution in [0.3, 0.4) is 0 Å². The van der Waals surface area contributed by atoms with Gasteiger partial charge in [-0.3, -0.25) is 9.69 Å². The number of rotatable bonds is 4. The Bertz CT molecular complexity index is 933. The van der Waals surface area contributed by atoms with Crippen LogP contribution in [0.15, 0.2) is 30.5 Å². The minimum Gasteiger partial charge on any atom is -0.371 e. The quantitative estimate of drug-likeness (QED) is 0.834. The molecule has 2 amide bonds. The molecule has 0 spiro atoms. The Morgan fingerprint density at radius 1 is 1.13 bits per heavy atom. The lowest BCUT2D eigenvalue weighted by Gasteiger charge is -2.40. The molecule has 0 aliphatic carbocycles. The van der Waals surface area contributed by atoms with Gasteiger partial charge < -0.3 is 15.5 Å². The van der Waals surface area contributed by atoms with Crippen molar-refractivity contribution in [2.75, 3.05) is 37.6 Å². The number of hydrogen-bond donors (Lipinski definition) is 1. The summed E-state index contributed by atoms with van der Waals surface area (Å²) >= 11 is 0. The van der Waals surface area contributed by atoms with Gasteiger partial charge in [0, 0.05) is 57.2 Å². The molecule has 0 radical (unpaired) electrons. The van der Waals surface area contributed by atoms with Crippen molar-refractivity contribution < 1.29 is 9.59 Å². The van der Waals surface area contributed by atoms with Crippen molar-refractivity contribution in [1.29, 1.82) is 0 Å². The van der Waals surface area contributed by atoms with Gasteiger partial charge in [-0.05, 0) is 49.9 Å². The first-order valence-corrected chi connectivity index (χ1v) is 10.7. The highest BCUT2D eigenvalue weighted by molar-refractivity contribution is 5.91. The molecule has 2 aromatic rings. The minimum atomic E-state index is -0.633. The minimum absolute atomic E-state index is 0.0492. The molecule has 160 valence electrons. The van der Waals surface area contributed by atoms with E-state index in [1.165, 1.54) is 46.6 Å². The zero-order valence-electron chi connectivity index (χ0n) is 17.8. The van der Waals surface area contributed by atoms with Crippen molar-refractivity contribution in [3.63, 3.8) is 0 Å². The summed E-state index contributed by atoms with van der Waals surface area (Å²) < 4.78 is 1.21. The second-order valence-corrected chi connectivity index (χ2v) is 8.40. The van der Waals surface area contributed by atoms with Gasteiger partial charge in [-0.25, -0.2) is 4.79 Å². The summed E-state index contributed by atoms with van der Waals surface area (Å²) in [6.45, 7) is 9.56. The smallest absolute Gasteiger partial charge is 0.344 e. The lowest BCUT2D eigenvalue weighted by atomic mass is 10.1. The summed E-state index contributed by atoms with van der Waals surface area (Å²) in [5.41, 5.74) is 9.34. The van der Waals surface area contributed by atoms with E-state index in [2.05, 4.69) is 46.9 Å². The van der Waals surface area contributed by atoms with E-state index in [-0.39, 0.29) is 17.8 Å². The SMILES string of the molecule is Cc1ccc(CN2CCN(C(=O)n3ccc(C(N)=O)n3)[C@@H](C)C2)c(N2CCCC2)c1. The van der Waals surface area contributed by atoms with Crippen molar-refractivity contribution in [1.82, 2.24) is 19.6 Å². The van der Waals surface area contributed by atoms with Crippen LogP contribution in [-0.2, 0) is 6.54 Å². The Hall–Kier alpha value is -2.87. The number of carbonyl (C=O) groups is 2. The molecular formula is C22H30N6O2. The largest absolute Gasteiger partial charge is 0.371 e. The Morgan fingerprint density at radius 2 is 1.90 bits per heavy atom. The fourth-order valence-electron chi connectivity index (χ4n) is 4.46. The van der Waals surface area contributed by atoms with Gasteiger partial charge in [-0.1, -0.05) is 12.1 Å². The van der Waals surface area contributed by atoms with Crippen LogP contribution in [0.1, 0.15) is 41.4 Å². The predicted molar refractivity (Wildman–Crippen MR) is 116 cm³/mol. The molecule has 0 saturated carbocycles. The number of anilines is 1. The van der Waals surface area contributed by atoms with Crippen LogP contribution in [0.4, 0.5) is 10.5 Å². The van der Waals surface area contributed by atoms with Crippen LogP contribution in [0.5, 0.6) is 0 Å². The molecule has 2 N–H and O–H groups in total. The van der Waals surface area contributed by atoms with Crippen LogP contribution < -0.4 is 10.6 Å². The normalized spacial score (nSPS) is 20.0. The van der Waals surface area contributed by atoms with Gasteiger partial charge in [0.25, 0.3) is 5.91 Å². The molecule has 2 aliphatic rings. The molecule has 1 atom stereocenters. The number of benzene rings is 1. The summed E-state index contributed by atoms with van der Waals surface area (Å²) in [6, 6.07) is 8.04. The van der Waals surface area contributed by atoms with Gasteiger partial charge in [-0.15, -0.1) is 0 Å². The molecule has 0 bridgehead atoms. The highest BCUT2D eigenvalue weighted by Crippen LogP contribution is 2.28. The summed E-state index contributed by atoms with van der Waals surface area (Å²) in [5, 5.41) is 4.00. The number of carbonyl (C=O) groups excluding carboxylic acids is 2. The second-order valence-electron chi connectivity index (χ2n) is 8.40. The Kier molecular flexibility index (Phi) is 5.76. The monoisotopic (exact) mass is 410 g/mol. The average Bonchev–Trinajstić information content (AvgIpc) is 3.41. The fourth-order valence-corrected chi connectivity index (χ4v) is 4.46. The number of piperazine rings is 1. The van der Waals surface area contributed by atoms with Crippen molar-refractivity contribution in [3.8, 4) is 0 Å². The first kappa shape index (κ1) is 20.4. The maximum absolute atomic E-state index is 12.8. The number of nitrogens with zero attached hydrogens (tertiary/aromatic N) is 5. The molecule has 2 aliphatic heterocycles. The van der Waals surface area contributed by atoms with Gasteiger partial charge in [0.05, 0.1) is 0 Å². The first-order chi connectivity index (χ1) is 14.4. The Labute approximate surface area is 177 Å². The number of hydrogen-bond acceptors (Lipinski definition) is 5. The molecule has 1 aromatic heterocycles. The molecule has 30 heavy (non-hydrogen) atoms. The second kappa shape index (κ2) is 8.47. The van der Waals surface area contributed by atoms with Gasteiger partial charge in [0.1, 0.15) is 0 Å². The maximum Gasteiger partial charge on any atom is 0.344 e. The first-order valence-electron chi connectivity index (χ1n) is 10.7. The van der Waals surface area contributed by atoms with Gasteiger partial charge in [-0.2, -0.15) is 9.78 Å². The highest BCUT2D eigenvalue weighted by Gasteiger charge is 2.29. The molecule has 1 aromatic carbocycles. The van der Waals surface area contributed by atoms with Crippen LogP contribution in [0, 0.1) is 6.92 Å². The van der Waals surface area contributed by atoms with Gasteiger partial charge in [0.15, 0.2) is 5.69 Å². The zero-order valence-corrected chi connectivity index (χ0v) is 17.8. The molecule has 8 nitrogen and oxygen atoms in total. The third kappa shape index (κ3) is 4.18. The topological polar surface area (TPSA) is 87.7 Å². The number of aryl methyl sites for hydroxylation is 1. The summed E-state index contributed by atoms with van der Waals surface area (Å²) in [7, 11) is 0. The van der Waals surface area contributed by atoms with E-state index in [1.807, 2.05) is 4.90 Å². The summed E-state index contributed by atoms with van der Waals surface area (Å²) in [5.74, 6) is -0.633. The molecule has 2 fully saturated rings. The number of primary amides is 1. The lowest BCUT2D eigenvalue weighted by Crippen LogP contribution is -2.54. The molecule has 3 heterocycles. The van der Waals surface area contributed by atoms with E-state index >= 15 is 0 Å². The van der Waals surface area contributed by atoms with E-state index in [0.29, 0.717) is 6.54 Å². The fraction of sp³-hybridized carbons (Fsp3) is 0.500. The van der Waals surface area contributed by atoms with Crippen LogP contribution in [-0.4, -0.2) is 70.3 Å².